The number of nitrogens with one attached hydrogen (secondary N) is 2. The molecular formula is C14H31N8O3P. The molecule has 0 spiro atoms. The van der Waals surface area contributed by atoms with Gasteiger partial charge in [0.25, 0.3) is 0 Å². The highest BCUT2D eigenvalue weighted by molar-refractivity contribution is 7.57. The monoisotopic (exact) mass is 390 g/mol. The number of rotatable bonds is 10. The van der Waals surface area contributed by atoms with Gasteiger partial charge in [-0.05, 0) is 32.1 Å². The predicted octanol–water partition coefficient (Wildman–Crippen LogP) is -1.46. The van der Waals surface area contributed by atoms with Gasteiger partial charge in [-0.25, -0.2) is 5.09 Å². The van der Waals surface area contributed by atoms with Gasteiger partial charge in [0.2, 0.25) is 11.8 Å². The number of carbonyl (C=O) groups is 2. The summed E-state index contributed by atoms with van der Waals surface area (Å²) >= 11 is 0. The van der Waals surface area contributed by atoms with Gasteiger partial charge in [0, 0.05) is 19.6 Å². The van der Waals surface area contributed by atoms with E-state index in [1.165, 1.54) is 0 Å². The molecule has 1 fully saturated rings. The van der Waals surface area contributed by atoms with Gasteiger partial charge in [-0.1, -0.05) is 6.92 Å². The van der Waals surface area contributed by atoms with Gasteiger partial charge < -0.3 is 22.5 Å². The Morgan fingerprint density at radius 1 is 1.46 bits per heavy atom. The van der Waals surface area contributed by atoms with Crippen molar-refractivity contribution in [1.82, 2.24) is 15.1 Å². The summed E-state index contributed by atoms with van der Waals surface area (Å²) in [6.07, 6.45) is 2.66. The molecule has 1 saturated heterocycles. The lowest BCUT2D eigenvalue weighted by atomic mass is 10.1. The first kappa shape index (κ1) is 22.4. The standard InChI is InChI=1S/C14H31N8O3P/c1-2-7-19-12(23)11(6-3-8-20-14(16)17)21-26(18,25)22-9-4-5-10(15)13(22)24/h10-11H,2-9,15H2,1H3,(H,19,23)(H4,16,17,20)(H3,18,21,25)/t10-,11?,26?/m0/s1. The lowest BCUT2D eigenvalue weighted by Crippen LogP contribution is -2.52. The van der Waals surface area contributed by atoms with Crippen LogP contribution in [0, 0.1) is 0 Å². The van der Waals surface area contributed by atoms with Crippen LogP contribution >= 0.6 is 7.59 Å². The number of hydrogen-bond donors (Lipinski definition) is 6. The van der Waals surface area contributed by atoms with Crippen molar-refractivity contribution in [1.29, 1.82) is 0 Å². The van der Waals surface area contributed by atoms with Gasteiger partial charge in [-0.2, -0.15) is 0 Å². The zero-order valence-electron chi connectivity index (χ0n) is 15.2. The highest BCUT2D eigenvalue weighted by Crippen LogP contribution is 2.40. The fourth-order valence-corrected chi connectivity index (χ4v) is 4.32. The summed E-state index contributed by atoms with van der Waals surface area (Å²) in [5.74, 6) is -0.846. The van der Waals surface area contributed by atoms with Gasteiger partial charge in [0.05, 0.1) is 12.1 Å². The number of hydrogen-bond acceptors (Lipinski definition) is 5. The molecule has 1 aliphatic rings. The fraction of sp³-hybridized carbons (Fsp3) is 0.786. The van der Waals surface area contributed by atoms with Crippen LogP contribution in [0.2, 0.25) is 0 Å². The number of nitrogens with two attached hydrogens (primary N) is 4. The van der Waals surface area contributed by atoms with E-state index in [0.29, 0.717) is 38.8 Å². The molecule has 150 valence electrons. The Morgan fingerprint density at radius 2 is 2.15 bits per heavy atom. The fourth-order valence-electron chi connectivity index (χ4n) is 2.60. The van der Waals surface area contributed by atoms with Crippen LogP contribution < -0.4 is 33.1 Å². The second-order valence-electron chi connectivity index (χ2n) is 6.25. The van der Waals surface area contributed by atoms with E-state index in [2.05, 4.69) is 15.4 Å². The van der Waals surface area contributed by atoms with Crippen molar-refractivity contribution in [2.45, 2.75) is 51.1 Å². The molecule has 1 rings (SSSR count). The minimum Gasteiger partial charge on any atom is -0.370 e. The van der Waals surface area contributed by atoms with Crippen molar-refractivity contribution in [3.8, 4) is 0 Å². The highest BCUT2D eigenvalue weighted by atomic mass is 31.2. The zero-order chi connectivity index (χ0) is 19.7. The molecule has 11 nitrogen and oxygen atoms in total. The summed E-state index contributed by atoms with van der Waals surface area (Å²) in [6.45, 7) is 2.96. The second kappa shape index (κ2) is 10.5. The molecule has 2 unspecified atom stereocenters. The van der Waals surface area contributed by atoms with Crippen LogP contribution in [-0.2, 0) is 14.2 Å². The van der Waals surface area contributed by atoms with E-state index in [0.717, 1.165) is 11.1 Å². The topological polar surface area (TPSA) is 195 Å². The van der Waals surface area contributed by atoms with Gasteiger partial charge in [0.15, 0.2) is 5.96 Å². The summed E-state index contributed by atoms with van der Waals surface area (Å²) in [4.78, 5) is 28.4. The highest BCUT2D eigenvalue weighted by Gasteiger charge is 2.38. The van der Waals surface area contributed by atoms with Crippen LogP contribution in [-0.4, -0.2) is 54.2 Å². The summed E-state index contributed by atoms with van der Waals surface area (Å²) < 4.78 is 14.0. The maximum absolute atomic E-state index is 12.9. The number of carbonyl (C=O) groups excluding carboxylic acids is 2. The molecule has 0 aromatic carbocycles. The average molecular weight is 390 g/mol. The molecule has 0 aromatic rings. The maximum Gasteiger partial charge on any atom is 0.306 e. The summed E-state index contributed by atoms with van der Waals surface area (Å²) in [5, 5.41) is 5.41. The van der Waals surface area contributed by atoms with E-state index in [9.17, 15) is 14.2 Å². The molecule has 3 atom stereocenters. The van der Waals surface area contributed by atoms with E-state index in [1.54, 1.807) is 0 Å². The van der Waals surface area contributed by atoms with Crippen LogP contribution in [0.25, 0.3) is 0 Å². The maximum atomic E-state index is 12.9. The zero-order valence-corrected chi connectivity index (χ0v) is 16.1. The molecule has 0 saturated carbocycles. The van der Waals surface area contributed by atoms with Crippen molar-refractivity contribution in [2.24, 2.45) is 27.7 Å². The first-order valence-corrected chi connectivity index (χ1v) is 10.5. The molecule has 0 radical (unpaired) electrons. The molecule has 0 aromatic heterocycles. The van der Waals surface area contributed by atoms with Crippen molar-refractivity contribution in [3.05, 3.63) is 0 Å². The Kier molecular flexibility index (Phi) is 9.00. The Bertz CT molecular complexity index is 566. The van der Waals surface area contributed by atoms with E-state index in [-0.39, 0.29) is 18.4 Å². The number of guanidine groups is 1. The van der Waals surface area contributed by atoms with Gasteiger partial charge in [-0.3, -0.25) is 29.3 Å². The molecule has 1 heterocycles. The van der Waals surface area contributed by atoms with Crippen LogP contribution in [0.5, 0.6) is 0 Å². The van der Waals surface area contributed by atoms with Crippen LogP contribution in [0.3, 0.4) is 0 Å². The number of nitrogens with zero attached hydrogens (tertiary/aromatic N) is 2. The quantitative estimate of drug-likeness (QED) is 0.113. The molecule has 12 heteroatoms. The van der Waals surface area contributed by atoms with Gasteiger partial charge in [0.1, 0.15) is 0 Å². The molecule has 2 amide bonds. The lowest BCUT2D eigenvalue weighted by molar-refractivity contribution is -0.130. The number of aliphatic imine (C=N–C) groups is 1. The van der Waals surface area contributed by atoms with E-state index in [4.69, 9.17) is 22.7 Å². The van der Waals surface area contributed by atoms with Gasteiger partial charge >= 0.3 is 7.59 Å². The molecule has 0 aliphatic carbocycles. The smallest absolute Gasteiger partial charge is 0.306 e. The van der Waals surface area contributed by atoms with Crippen molar-refractivity contribution < 1.29 is 14.2 Å². The predicted molar refractivity (Wildman–Crippen MR) is 101 cm³/mol. The van der Waals surface area contributed by atoms with Crippen LogP contribution in [0.15, 0.2) is 4.99 Å². The Morgan fingerprint density at radius 3 is 2.77 bits per heavy atom. The Labute approximate surface area is 153 Å². The molecule has 1 aliphatic heterocycles. The lowest BCUT2D eigenvalue weighted by Gasteiger charge is -2.36. The SMILES string of the molecule is CCCNC(=O)C(CCCN=C(N)N)NP(N)(=O)N1CCC[C@H](N)C1=O. The van der Waals surface area contributed by atoms with Crippen molar-refractivity contribution >= 4 is 25.4 Å². The minimum atomic E-state index is -3.76. The Balaban J connectivity index is 2.80. The molecule has 26 heavy (non-hydrogen) atoms. The van der Waals surface area contributed by atoms with Crippen molar-refractivity contribution in [2.75, 3.05) is 19.6 Å². The largest absolute Gasteiger partial charge is 0.370 e. The van der Waals surface area contributed by atoms with E-state index < -0.39 is 25.6 Å². The normalized spacial score (nSPS) is 21.0. The molecule has 0 bridgehead atoms. The first-order valence-electron chi connectivity index (χ1n) is 8.76. The first-order chi connectivity index (χ1) is 12.2. The van der Waals surface area contributed by atoms with Crippen molar-refractivity contribution in [3.63, 3.8) is 0 Å². The summed E-state index contributed by atoms with van der Waals surface area (Å²) in [7, 11) is -3.76. The third kappa shape index (κ3) is 6.91. The van der Waals surface area contributed by atoms with E-state index >= 15 is 0 Å². The number of amides is 2. The van der Waals surface area contributed by atoms with E-state index in [1.807, 2.05) is 6.92 Å². The Hall–Kier alpha value is -1.68. The summed E-state index contributed by atoms with van der Waals surface area (Å²) in [6, 6.07) is -1.56. The number of piperidine rings is 1. The summed E-state index contributed by atoms with van der Waals surface area (Å²) in [5.41, 5.74) is 22.2. The van der Waals surface area contributed by atoms with Gasteiger partial charge in [-0.15, -0.1) is 0 Å². The molecule has 10 N–H and O–H groups in total. The molecular weight excluding hydrogens is 359 g/mol. The third-order valence-electron chi connectivity index (χ3n) is 3.97. The van der Waals surface area contributed by atoms with Crippen LogP contribution in [0.4, 0.5) is 0 Å². The average Bonchev–Trinajstić information content (AvgIpc) is 2.57. The van der Waals surface area contributed by atoms with Crippen LogP contribution in [0.1, 0.15) is 39.0 Å². The second-order valence-corrected chi connectivity index (χ2v) is 8.24. The third-order valence-corrected chi connectivity index (χ3v) is 5.76. The minimum absolute atomic E-state index is 0.0395.